The third-order valence-corrected chi connectivity index (χ3v) is 15.7. The summed E-state index contributed by atoms with van der Waals surface area (Å²) in [6.45, 7) is 7.55. The van der Waals surface area contributed by atoms with Crippen LogP contribution in [0.4, 0.5) is 14.5 Å². The number of benzene rings is 2. The van der Waals surface area contributed by atoms with E-state index in [1.165, 1.54) is 16.2 Å². The van der Waals surface area contributed by atoms with Gasteiger partial charge in [0.25, 0.3) is 5.91 Å². The maximum Gasteiger partial charge on any atom is 0.259 e. The monoisotopic (exact) mass is 890 g/mol. The van der Waals surface area contributed by atoms with Gasteiger partial charge in [0.15, 0.2) is 0 Å². The molecule has 2 aliphatic heterocycles. The van der Waals surface area contributed by atoms with E-state index in [-0.39, 0.29) is 31.0 Å². The normalized spacial score (nSPS) is 25.0. The molecule has 0 radical (unpaired) electrons. The van der Waals surface area contributed by atoms with Crippen molar-refractivity contribution >= 4 is 55.7 Å². The number of aromatic nitrogens is 2. The summed E-state index contributed by atoms with van der Waals surface area (Å²) in [5, 5.41) is 9.32. The van der Waals surface area contributed by atoms with E-state index >= 15 is 0 Å². The first-order valence-corrected chi connectivity index (χ1v) is 23.6. The molecule has 2 aromatic carbocycles. The fourth-order valence-electron chi connectivity index (χ4n) is 8.44. The minimum absolute atomic E-state index is 0.0104. The zero-order valence-corrected chi connectivity index (χ0v) is 37.1. The fraction of sp³-hybridized carbons (Fsp3) is 0.489. The van der Waals surface area contributed by atoms with Gasteiger partial charge in [-0.3, -0.25) is 19.1 Å². The van der Waals surface area contributed by atoms with Gasteiger partial charge in [0, 0.05) is 46.5 Å². The number of allylic oxidation sites excluding steroid dienone is 1. The van der Waals surface area contributed by atoms with Crippen molar-refractivity contribution in [3.05, 3.63) is 76.8 Å². The van der Waals surface area contributed by atoms with Crippen LogP contribution in [0.2, 0.25) is 0 Å². The first-order chi connectivity index (χ1) is 29.5. The van der Waals surface area contributed by atoms with Crippen molar-refractivity contribution in [3.63, 3.8) is 0 Å². The molecule has 2 aliphatic carbocycles. The number of ether oxygens (including phenoxy) is 2. The van der Waals surface area contributed by atoms with Crippen LogP contribution < -0.4 is 24.8 Å². The molecule has 17 heteroatoms. The van der Waals surface area contributed by atoms with Gasteiger partial charge >= 0.3 is 0 Å². The summed E-state index contributed by atoms with van der Waals surface area (Å²) in [5.74, 6) is -2.79. The lowest BCUT2D eigenvalue weighted by molar-refractivity contribution is -0.140. The van der Waals surface area contributed by atoms with Crippen molar-refractivity contribution in [2.75, 3.05) is 19.0 Å². The standard InChI is InChI=1S/C45H52F2N6O7S2/c1-25(2)35-24-61-41(50-35)34-21-38(32-13-14-37(59-5)26(3)39(32)49-34)60-31-20-36-40(54)51-45(43(56)52-62(57,58)44(4)15-16-44)22-27(45)11-9-7-6-8-10-12-33(42(55)53(36)23-31)48-30-18-28(46)17-29(47)19-30/h9,11,13-14,17-19,21,24-25,27,31,33,36,48H,6-8,10,12,15-16,20,22-23H2,1-5H3,(H,51,54)(H,52,56)/t27-,31-,33+,36+,45-/m1/s1. The molecule has 330 valence electrons. The zero-order chi connectivity index (χ0) is 44.1. The number of thiazole rings is 1. The number of fused-ring (bicyclic) bond motifs is 3. The van der Waals surface area contributed by atoms with Gasteiger partial charge in [-0.15, -0.1) is 11.3 Å². The average molecular weight is 891 g/mol. The number of carbonyl (C=O) groups excluding carboxylic acids is 3. The fourth-order valence-corrected chi connectivity index (χ4v) is 10.7. The summed E-state index contributed by atoms with van der Waals surface area (Å²) in [5.41, 5.74) is 1.41. The average Bonchev–Trinajstić information content (AvgIpc) is 3.99. The number of hydrogen-bond acceptors (Lipinski definition) is 11. The predicted octanol–water partition coefficient (Wildman–Crippen LogP) is 7.30. The van der Waals surface area contributed by atoms with Crippen molar-refractivity contribution in [2.24, 2.45) is 5.92 Å². The Labute approximate surface area is 364 Å². The second-order valence-electron chi connectivity index (χ2n) is 17.6. The smallest absolute Gasteiger partial charge is 0.259 e. The number of aryl methyl sites for hydroxylation is 1. The lowest BCUT2D eigenvalue weighted by atomic mass is 10.0. The highest BCUT2D eigenvalue weighted by molar-refractivity contribution is 7.91. The lowest BCUT2D eigenvalue weighted by Crippen LogP contribution is -2.58. The van der Waals surface area contributed by atoms with Crippen molar-refractivity contribution in [1.29, 1.82) is 0 Å². The quantitative estimate of drug-likeness (QED) is 0.138. The van der Waals surface area contributed by atoms with Crippen LogP contribution >= 0.6 is 11.3 Å². The summed E-state index contributed by atoms with van der Waals surface area (Å²) in [6.07, 6.45) is 7.09. The number of sulfonamides is 1. The largest absolute Gasteiger partial charge is 0.496 e. The first kappa shape index (κ1) is 43.5. The third kappa shape index (κ3) is 8.61. The predicted molar refractivity (Wildman–Crippen MR) is 232 cm³/mol. The maximum absolute atomic E-state index is 14.9. The van der Waals surface area contributed by atoms with Gasteiger partial charge in [0.2, 0.25) is 21.8 Å². The number of pyridine rings is 1. The van der Waals surface area contributed by atoms with Crippen LogP contribution in [0.15, 0.2) is 53.9 Å². The van der Waals surface area contributed by atoms with Crippen LogP contribution in [-0.2, 0) is 24.4 Å². The summed E-state index contributed by atoms with van der Waals surface area (Å²) < 4.78 is 69.0. The molecule has 1 saturated heterocycles. The van der Waals surface area contributed by atoms with Gasteiger partial charge in [-0.25, -0.2) is 27.2 Å². The first-order valence-electron chi connectivity index (χ1n) is 21.2. The number of methoxy groups -OCH3 is 1. The number of nitrogens with zero attached hydrogens (tertiary/aromatic N) is 3. The molecule has 62 heavy (non-hydrogen) atoms. The van der Waals surface area contributed by atoms with E-state index in [0.29, 0.717) is 65.2 Å². The van der Waals surface area contributed by atoms with Crippen molar-refractivity contribution in [1.82, 2.24) is 24.9 Å². The van der Waals surface area contributed by atoms with Gasteiger partial charge in [-0.05, 0) is 82.6 Å². The number of rotatable bonds is 10. The van der Waals surface area contributed by atoms with Gasteiger partial charge in [0.05, 0.1) is 29.6 Å². The highest BCUT2D eigenvalue weighted by Crippen LogP contribution is 2.48. The van der Waals surface area contributed by atoms with Crippen LogP contribution in [0.3, 0.4) is 0 Å². The van der Waals surface area contributed by atoms with E-state index < -0.39 is 73.8 Å². The molecule has 0 unspecified atom stereocenters. The summed E-state index contributed by atoms with van der Waals surface area (Å²) in [7, 11) is -2.45. The van der Waals surface area contributed by atoms with Crippen molar-refractivity contribution in [2.45, 2.75) is 120 Å². The Bertz CT molecular complexity index is 2540. The molecular weight excluding hydrogens is 839 g/mol. The third-order valence-electron chi connectivity index (χ3n) is 12.7. The molecule has 3 fully saturated rings. The van der Waals surface area contributed by atoms with E-state index in [4.69, 9.17) is 19.4 Å². The molecule has 4 aromatic rings. The second kappa shape index (κ2) is 16.8. The van der Waals surface area contributed by atoms with Crippen molar-refractivity contribution in [3.8, 4) is 22.2 Å². The van der Waals surface area contributed by atoms with Gasteiger partial charge in [-0.1, -0.05) is 38.8 Å². The van der Waals surface area contributed by atoms with E-state index in [0.717, 1.165) is 42.3 Å². The molecule has 4 heterocycles. The maximum atomic E-state index is 14.9. The Hall–Kier alpha value is -5.16. The highest BCUT2D eigenvalue weighted by Gasteiger charge is 2.63. The van der Waals surface area contributed by atoms with E-state index in [2.05, 4.69) is 29.2 Å². The SMILES string of the molecule is COc1ccc2c(O[C@@H]3C[C@H]4C(=O)N[C@]5(C(=O)NS(=O)(=O)C6(C)CC6)C[C@H]5C=CCCCCC[C@H](Nc5cc(F)cc(F)c5)C(=O)N4C3)cc(-c3nc(C(C)C)cs3)nc2c1C. The van der Waals surface area contributed by atoms with Gasteiger partial charge in [0.1, 0.15) is 57.6 Å². The topological polar surface area (TPSA) is 169 Å². The Morgan fingerprint density at radius 3 is 2.50 bits per heavy atom. The molecule has 4 aliphatic rings. The van der Waals surface area contributed by atoms with Crippen LogP contribution in [0.25, 0.3) is 21.6 Å². The molecular formula is C45H52F2N6O7S2. The van der Waals surface area contributed by atoms with Crippen LogP contribution in [0.5, 0.6) is 11.5 Å². The minimum Gasteiger partial charge on any atom is -0.496 e. The summed E-state index contributed by atoms with van der Waals surface area (Å²) in [6, 6.07) is 6.29. The Morgan fingerprint density at radius 1 is 1.05 bits per heavy atom. The summed E-state index contributed by atoms with van der Waals surface area (Å²) >= 11 is 1.46. The van der Waals surface area contributed by atoms with Crippen LogP contribution in [-0.4, -0.2) is 83.1 Å². The van der Waals surface area contributed by atoms with Crippen molar-refractivity contribution < 1.29 is 41.1 Å². The molecule has 5 atom stereocenters. The minimum atomic E-state index is -4.03. The van der Waals surface area contributed by atoms with E-state index in [1.54, 1.807) is 20.1 Å². The lowest BCUT2D eigenvalue weighted by Gasteiger charge is -2.30. The molecule has 3 amide bonds. The molecule has 0 spiro atoms. The van der Waals surface area contributed by atoms with E-state index in [1.807, 2.05) is 36.6 Å². The van der Waals surface area contributed by atoms with Gasteiger partial charge in [-0.2, -0.15) is 0 Å². The number of hydrogen-bond donors (Lipinski definition) is 3. The van der Waals surface area contributed by atoms with Gasteiger partial charge < -0.3 is 25.0 Å². The number of halogens is 2. The Balaban J connectivity index is 1.16. The number of amides is 3. The molecule has 2 saturated carbocycles. The Kier molecular flexibility index (Phi) is 11.8. The number of carbonyl (C=O) groups is 3. The number of nitrogens with one attached hydrogen (secondary N) is 3. The molecule has 0 bridgehead atoms. The summed E-state index contributed by atoms with van der Waals surface area (Å²) in [4.78, 5) is 54.8. The number of anilines is 1. The van der Waals surface area contributed by atoms with Crippen LogP contribution in [0, 0.1) is 24.5 Å². The highest BCUT2D eigenvalue weighted by atomic mass is 32.2. The Morgan fingerprint density at radius 2 is 1.81 bits per heavy atom. The zero-order valence-electron chi connectivity index (χ0n) is 35.4. The second-order valence-corrected chi connectivity index (χ2v) is 20.6. The molecule has 2 aromatic heterocycles. The van der Waals surface area contributed by atoms with Crippen LogP contribution in [0.1, 0.15) is 95.7 Å². The molecule has 8 rings (SSSR count). The van der Waals surface area contributed by atoms with E-state index in [9.17, 15) is 31.6 Å². The molecule has 13 nitrogen and oxygen atoms in total. The molecule has 3 N–H and O–H groups in total.